The summed E-state index contributed by atoms with van der Waals surface area (Å²) >= 11 is 1.45. The van der Waals surface area contributed by atoms with Gasteiger partial charge in [0.05, 0.1) is 6.10 Å². The highest BCUT2D eigenvalue weighted by atomic mass is 32.1. The lowest BCUT2D eigenvalue weighted by Gasteiger charge is -2.09. The number of nitrogens with zero attached hydrogens (tertiary/aromatic N) is 1. The molecular weight excluding hydrogens is 310 g/mol. The minimum atomic E-state index is -0.159. The topological polar surface area (TPSA) is 77.2 Å². The summed E-state index contributed by atoms with van der Waals surface area (Å²) in [7, 11) is 0. The van der Waals surface area contributed by atoms with Gasteiger partial charge in [0, 0.05) is 23.5 Å². The maximum Gasteiger partial charge on any atom is 0.270 e. The Hall–Kier alpha value is -1.92. The van der Waals surface area contributed by atoms with Gasteiger partial charge in [-0.2, -0.15) is 0 Å². The lowest BCUT2D eigenvalue weighted by molar-refractivity contribution is 0.0948. The molecule has 0 bridgehead atoms. The van der Waals surface area contributed by atoms with Crippen LogP contribution in [0.3, 0.4) is 0 Å². The van der Waals surface area contributed by atoms with E-state index >= 15 is 0 Å². The van der Waals surface area contributed by atoms with Crippen molar-refractivity contribution in [3.8, 4) is 16.3 Å². The monoisotopic (exact) mass is 333 g/mol. The Morgan fingerprint density at radius 3 is 2.61 bits per heavy atom. The number of nitrogens with two attached hydrogens (primary N) is 1. The maximum atomic E-state index is 12.0. The molecule has 0 aliphatic rings. The van der Waals surface area contributed by atoms with Gasteiger partial charge in [-0.3, -0.25) is 4.79 Å². The summed E-state index contributed by atoms with van der Waals surface area (Å²) in [6.45, 7) is 6.46. The second-order valence-electron chi connectivity index (χ2n) is 5.75. The summed E-state index contributed by atoms with van der Waals surface area (Å²) < 4.78 is 5.62. The number of nitrogens with one attached hydrogen (secondary N) is 1. The third-order valence-corrected chi connectivity index (χ3v) is 3.99. The van der Waals surface area contributed by atoms with Crippen LogP contribution in [0.15, 0.2) is 29.6 Å². The van der Waals surface area contributed by atoms with Gasteiger partial charge in [-0.1, -0.05) is 0 Å². The van der Waals surface area contributed by atoms with Gasteiger partial charge in [0.1, 0.15) is 16.5 Å². The van der Waals surface area contributed by atoms with Crippen molar-refractivity contribution in [1.82, 2.24) is 10.3 Å². The largest absolute Gasteiger partial charge is 0.491 e. The van der Waals surface area contributed by atoms with Gasteiger partial charge in [-0.05, 0) is 51.5 Å². The quantitative estimate of drug-likeness (QED) is 0.816. The summed E-state index contributed by atoms with van der Waals surface area (Å²) in [5.74, 6) is 0.669. The standard InChI is InChI=1S/C17H23N3O2S/c1-11(2)22-14-6-4-13(5-7-14)17-20-15(10-23-17)16(21)19-9-8-12(3)18/h4-7,10-12H,8-9,18H2,1-3H3,(H,19,21). The molecule has 1 heterocycles. The highest BCUT2D eigenvalue weighted by Crippen LogP contribution is 2.26. The van der Waals surface area contributed by atoms with Crippen LogP contribution in [0.4, 0.5) is 0 Å². The van der Waals surface area contributed by atoms with Crippen molar-refractivity contribution in [2.24, 2.45) is 5.73 Å². The molecule has 0 radical (unpaired) electrons. The Balaban J connectivity index is 1.99. The number of rotatable bonds is 7. The fourth-order valence-electron chi connectivity index (χ4n) is 1.96. The van der Waals surface area contributed by atoms with E-state index in [9.17, 15) is 4.79 Å². The highest BCUT2D eigenvalue weighted by Gasteiger charge is 2.12. The zero-order chi connectivity index (χ0) is 16.8. The Morgan fingerprint density at radius 2 is 2.00 bits per heavy atom. The van der Waals surface area contributed by atoms with E-state index in [4.69, 9.17) is 10.5 Å². The van der Waals surface area contributed by atoms with E-state index in [0.29, 0.717) is 12.2 Å². The van der Waals surface area contributed by atoms with Gasteiger partial charge >= 0.3 is 0 Å². The molecule has 0 saturated carbocycles. The third kappa shape index (κ3) is 5.33. The van der Waals surface area contributed by atoms with E-state index in [1.54, 1.807) is 5.38 Å². The zero-order valence-electron chi connectivity index (χ0n) is 13.7. The zero-order valence-corrected chi connectivity index (χ0v) is 14.5. The van der Waals surface area contributed by atoms with Crippen molar-refractivity contribution in [3.63, 3.8) is 0 Å². The van der Waals surface area contributed by atoms with Crippen molar-refractivity contribution in [1.29, 1.82) is 0 Å². The van der Waals surface area contributed by atoms with Crippen LogP contribution in [0.1, 0.15) is 37.7 Å². The van der Waals surface area contributed by atoms with Crippen LogP contribution >= 0.6 is 11.3 Å². The molecule has 1 aromatic heterocycles. The van der Waals surface area contributed by atoms with Crippen molar-refractivity contribution in [3.05, 3.63) is 35.3 Å². The van der Waals surface area contributed by atoms with Gasteiger partial charge in [-0.15, -0.1) is 11.3 Å². The minimum Gasteiger partial charge on any atom is -0.491 e. The first-order chi connectivity index (χ1) is 11.0. The van der Waals surface area contributed by atoms with E-state index in [0.717, 1.165) is 22.7 Å². The summed E-state index contributed by atoms with van der Waals surface area (Å²) in [5.41, 5.74) is 7.08. The fraction of sp³-hybridized carbons (Fsp3) is 0.412. The molecule has 1 amide bonds. The van der Waals surface area contributed by atoms with Gasteiger partial charge in [-0.25, -0.2) is 4.98 Å². The number of hydrogen-bond donors (Lipinski definition) is 2. The molecule has 6 heteroatoms. The van der Waals surface area contributed by atoms with Crippen molar-refractivity contribution in [2.75, 3.05) is 6.54 Å². The lowest BCUT2D eigenvalue weighted by Crippen LogP contribution is -2.29. The molecular formula is C17H23N3O2S. The van der Waals surface area contributed by atoms with E-state index in [1.165, 1.54) is 11.3 Å². The Bertz CT molecular complexity index is 636. The second-order valence-corrected chi connectivity index (χ2v) is 6.61. The van der Waals surface area contributed by atoms with E-state index in [1.807, 2.05) is 45.0 Å². The van der Waals surface area contributed by atoms with Crippen molar-refractivity contribution >= 4 is 17.2 Å². The molecule has 2 rings (SSSR count). The average molecular weight is 333 g/mol. The van der Waals surface area contributed by atoms with Gasteiger partial charge in [0.25, 0.3) is 5.91 Å². The highest BCUT2D eigenvalue weighted by molar-refractivity contribution is 7.13. The van der Waals surface area contributed by atoms with Gasteiger partial charge in [0.15, 0.2) is 0 Å². The first-order valence-corrected chi connectivity index (χ1v) is 8.60. The molecule has 5 nitrogen and oxygen atoms in total. The smallest absolute Gasteiger partial charge is 0.270 e. The van der Waals surface area contributed by atoms with E-state index < -0.39 is 0 Å². The van der Waals surface area contributed by atoms with Gasteiger partial charge < -0.3 is 15.8 Å². The molecule has 3 N–H and O–H groups in total. The molecule has 23 heavy (non-hydrogen) atoms. The minimum absolute atomic E-state index is 0.0767. The number of thiazole rings is 1. The SMILES string of the molecule is CC(N)CCNC(=O)c1csc(-c2ccc(OC(C)C)cc2)n1. The molecule has 124 valence electrons. The Morgan fingerprint density at radius 1 is 1.30 bits per heavy atom. The van der Waals surface area contributed by atoms with Crippen LogP contribution in [-0.2, 0) is 0 Å². The predicted octanol–water partition coefficient (Wildman–Crippen LogP) is 3.06. The van der Waals surface area contributed by atoms with Crippen molar-refractivity contribution < 1.29 is 9.53 Å². The molecule has 1 unspecified atom stereocenters. The lowest BCUT2D eigenvalue weighted by atomic mass is 10.2. The first-order valence-electron chi connectivity index (χ1n) is 7.72. The third-order valence-electron chi connectivity index (χ3n) is 3.10. The number of ether oxygens (including phenoxy) is 1. The normalized spacial score (nSPS) is 12.2. The van der Waals surface area contributed by atoms with Crippen LogP contribution in [0.5, 0.6) is 5.75 Å². The molecule has 1 aromatic carbocycles. The molecule has 1 atom stereocenters. The van der Waals surface area contributed by atoms with Crippen LogP contribution in [0.25, 0.3) is 10.6 Å². The van der Waals surface area contributed by atoms with Gasteiger partial charge in [0.2, 0.25) is 0 Å². The van der Waals surface area contributed by atoms with E-state index in [2.05, 4.69) is 10.3 Å². The molecule has 2 aromatic rings. The van der Waals surface area contributed by atoms with E-state index in [-0.39, 0.29) is 18.1 Å². The average Bonchev–Trinajstić information content (AvgIpc) is 2.97. The number of carbonyl (C=O) groups excluding carboxylic acids is 1. The maximum absolute atomic E-state index is 12.0. The summed E-state index contributed by atoms with van der Waals surface area (Å²) in [6, 6.07) is 7.81. The molecule has 0 aliphatic heterocycles. The van der Waals surface area contributed by atoms with Crippen LogP contribution < -0.4 is 15.8 Å². The Labute approximate surface area is 140 Å². The first kappa shape index (κ1) is 17.4. The predicted molar refractivity (Wildman–Crippen MR) is 93.9 cm³/mol. The molecule has 0 saturated heterocycles. The number of aromatic nitrogens is 1. The summed E-state index contributed by atoms with van der Waals surface area (Å²) in [5, 5.41) is 5.42. The number of amides is 1. The van der Waals surface area contributed by atoms with Crippen LogP contribution in [0, 0.1) is 0 Å². The molecule has 0 fully saturated rings. The number of hydrogen-bond acceptors (Lipinski definition) is 5. The van der Waals surface area contributed by atoms with Crippen molar-refractivity contribution in [2.45, 2.75) is 39.3 Å². The van der Waals surface area contributed by atoms with Crippen LogP contribution in [-0.4, -0.2) is 29.6 Å². The Kier molecular flexibility index (Phi) is 6.12. The molecule has 0 aliphatic carbocycles. The molecule has 0 spiro atoms. The number of benzene rings is 1. The fourth-order valence-corrected chi connectivity index (χ4v) is 2.77. The second kappa shape index (κ2) is 8.08. The van der Waals surface area contributed by atoms with Crippen LogP contribution in [0.2, 0.25) is 0 Å². The summed E-state index contributed by atoms with van der Waals surface area (Å²) in [4.78, 5) is 16.4. The summed E-state index contributed by atoms with van der Waals surface area (Å²) in [6.07, 6.45) is 0.896. The number of carbonyl (C=O) groups is 1.